The molecule has 0 aliphatic carbocycles. The number of fused-ring (bicyclic) bond motifs is 2. The molecule has 2 fully saturated rings. The first kappa shape index (κ1) is 11.7. The van der Waals surface area contributed by atoms with Gasteiger partial charge in [-0.05, 0) is 32.2 Å². The molecule has 0 aromatic rings. The van der Waals surface area contributed by atoms with Crippen LogP contribution in [0, 0.1) is 0 Å². The third-order valence-corrected chi connectivity index (χ3v) is 3.40. The topological polar surface area (TPSA) is 71.1 Å². The van der Waals surface area contributed by atoms with Crippen LogP contribution in [0.2, 0.25) is 0 Å². The third kappa shape index (κ3) is 3.09. The molecule has 0 aromatic heterocycles. The second-order valence-electron chi connectivity index (χ2n) is 4.77. The maximum absolute atomic E-state index is 8.40. The lowest BCUT2D eigenvalue weighted by atomic mass is 10.2. The van der Waals surface area contributed by atoms with Crippen molar-refractivity contribution in [2.24, 2.45) is 10.9 Å². The van der Waals surface area contributed by atoms with Crippen molar-refractivity contribution < 1.29 is 9.94 Å². The van der Waals surface area contributed by atoms with Crippen LogP contribution < -0.4 is 5.73 Å². The van der Waals surface area contributed by atoms with Gasteiger partial charge in [-0.3, -0.25) is 4.90 Å². The van der Waals surface area contributed by atoms with Gasteiger partial charge in [0.25, 0.3) is 0 Å². The van der Waals surface area contributed by atoms with Crippen LogP contribution in [0.25, 0.3) is 0 Å². The summed E-state index contributed by atoms with van der Waals surface area (Å²) in [7, 11) is 0. The van der Waals surface area contributed by atoms with Crippen LogP contribution in [0.1, 0.15) is 32.1 Å². The predicted octanol–water partition coefficient (Wildman–Crippen LogP) is 0.766. The van der Waals surface area contributed by atoms with Gasteiger partial charge in [-0.25, -0.2) is 0 Å². The van der Waals surface area contributed by atoms with Gasteiger partial charge in [0.1, 0.15) is 5.84 Å². The Labute approximate surface area is 96.2 Å². The summed E-state index contributed by atoms with van der Waals surface area (Å²) in [5.74, 6) is 0.335. The third-order valence-electron chi connectivity index (χ3n) is 3.40. The van der Waals surface area contributed by atoms with Crippen LogP contribution in [0.4, 0.5) is 0 Å². The lowest BCUT2D eigenvalue weighted by Gasteiger charge is -2.31. The maximum atomic E-state index is 8.40. The molecular formula is C11H21N3O2. The van der Waals surface area contributed by atoms with E-state index in [1.54, 1.807) is 0 Å². The SMILES string of the molecule is NC(CCCCN1CC2CCC(C1)O2)=NO. The smallest absolute Gasteiger partial charge is 0.139 e. The summed E-state index contributed by atoms with van der Waals surface area (Å²) in [4.78, 5) is 2.48. The minimum absolute atomic E-state index is 0.335. The summed E-state index contributed by atoms with van der Waals surface area (Å²) in [6.45, 7) is 3.27. The van der Waals surface area contributed by atoms with E-state index in [0.717, 1.165) is 32.5 Å². The molecule has 16 heavy (non-hydrogen) atoms. The minimum Gasteiger partial charge on any atom is -0.409 e. The van der Waals surface area contributed by atoms with E-state index in [9.17, 15) is 0 Å². The van der Waals surface area contributed by atoms with Crippen LogP contribution in [-0.4, -0.2) is 47.8 Å². The Morgan fingerprint density at radius 1 is 1.31 bits per heavy atom. The zero-order chi connectivity index (χ0) is 11.4. The lowest BCUT2D eigenvalue weighted by Crippen LogP contribution is -2.42. The van der Waals surface area contributed by atoms with Gasteiger partial charge in [0, 0.05) is 19.5 Å². The van der Waals surface area contributed by atoms with Gasteiger partial charge < -0.3 is 15.7 Å². The quantitative estimate of drug-likeness (QED) is 0.239. The van der Waals surface area contributed by atoms with Crippen molar-refractivity contribution in [2.45, 2.75) is 44.3 Å². The van der Waals surface area contributed by atoms with Crippen molar-refractivity contribution in [2.75, 3.05) is 19.6 Å². The highest BCUT2D eigenvalue weighted by Gasteiger charge is 2.33. The Bertz CT molecular complexity index is 246. The number of hydrogen-bond donors (Lipinski definition) is 2. The van der Waals surface area contributed by atoms with Gasteiger partial charge in [-0.2, -0.15) is 0 Å². The molecule has 2 atom stereocenters. The molecule has 2 heterocycles. The summed E-state index contributed by atoms with van der Waals surface area (Å²) in [6, 6.07) is 0. The standard InChI is InChI=1S/C11H21N3O2/c12-11(13-15)3-1-2-6-14-7-9-4-5-10(8-14)16-9/h9-10,15H,1-8H2,(H2,12,13). The monoisotopic (exact) mass is 227 g/mol. The zero-order valence-electron chi connectivity index (χ0n) is 9.64. The molecule has 0 radical (unpaired) electrons. The van der Waals surface area contributed by atoms with Gasteiger partial charge in [-0.15, -0.1) is 0 Å². The number of ether oxygens (including phenoxy) is 1. The first-order valence-electron chi connectivity index (χ1n) is 6.12. The first-order chi connectivity index (χ1) is 7.78. The second-order valence-corrected chi connectivity index (χ2v) is 4.77. The van der Waals surface area contributed by atoms with Crippen molar-refractivity contribution in [1.29, 1.82) is 0 Å². The average molecular weight is 227 g/mol. The van der Waals surface area contributed by atoms with Crippen molar-refractivity contribution in [3.8, 4) is 0 Å². The summed E-state index contributed by atoms with van der Waals surface area (Å²) in [5.41, 5.74) is 5.41. The van der Waals surface area contributed by atoms with Crippen LogP contribution in [0.5, 0.6) is 0 Å². The van der Waals surface area contributed by atoms with Gasteiger partial charge in [0.2, 0.25) is 0 Å². The number of rotatable bonds is 5. The molecule has 92 valence electrons. The zero-order valence-corrected chi connectivity index (χ0v) is 9.64. The number of amidine groups is 1. The van der Waals surface area contributed by atoms with Crippen molar-refractivity contribution in [3.63, 3.8) is 0 Å². The Hall–Kier alpha value is -0.810. The Balaban J connectivity index is 1.60. The highest BCUT2D eigenvalue weighted by molar-refractivity contribution is 5.79. The number of likely N-dealkylation sites (tertiary alicyclic amines) is 1. The van der Waals surface area contributed by atoms with Crippen molar-refractivity contribution >= 4 is 5.84 Å². The van der Waals surface area contributed by atoms with Crippen LogP contribution in [0.3, 0.4) is 0 Å². The van der Waals surface area contributed by atoms with Crippen molar-refractivity contribution in [1.82, 2.24) is 4.90 Å². The summed E-state index contributed by atoms with van der Waals surface area (Å²) >= 11 is 0. The number of nitrogens with zero attached hydrogens (tertiary/aromatic N) is 2. The molecule has 3 N–H and O–H groups in total. The molecule has 5 nitrogen and oxygen atoms in total. The Morgan fingerprint density at radius 2 is 2.00 bits per heavy atom. The summed E-state index contributed by atoms with van der Waals surface area (Å²) < 4.78 is 5.78. The summed E-state index contributed by atoms with van der Waals surface area (Å²) in [5, 5.41) is 11.4. The van der Waals surface area contributed by atoms with E-state index in [-0.39, 0.29) is 0 Å². The number of hydrogen-bond acceptors (Lipinski definition) is 4. The van der Waals surface area contributed by atoms with E-state index in [2.05, 4.69) is 10.1 Å². The van der Waals surface area contributed by atoms with E-state index < -0.39 is 0 Å². The minimum atomic E-state index is 0.335. The molecule has 5 heteroatoms. The van der Waals surface area contributed by atoms with Crippen LogP contribution in [-0.2, 0) is 4.74 Å². The fraction of sp³-hybridized carbons (Fsp3) is 0.909. The average Bonchev–Trinajstić information content (AvgIpc) is 2.64. The highest BCUT2D eigenvalue weighted by atomic mass is 16.5. The summed E-state index contributed by atoms with van der Waals surface area (Å²) in [6.07, 6.45) is 6.19. The van der Waals surface area contributed by atoms with Crippen LogP contribution in [0.15, 0.2) is 5.16 Å². The molecule has 2 aliphatic rings. The molecule has 2 saturated heterocycles. The fourth-order valence-electron chi connectivity index (χ4n) is 2.57. The largest absolute Gasteiger partial charge is 0.409 e. The first-order valence-corrected chi connectivity index (χ1v) is 6.12. The lowest BCUT2D eigenvalue weighted by molar-refractivity contribution is -0.0384. The van der Waals surface area contributed by atoms with Crippen molar-refractivity contribution in [3.05, 3.63) is 0 Å². The van der Waals surface area contributed by atoms with E-state index in [1.165, 1.54) is 12.8 Å². The molecule has 0 aromatic carbocycles. The Kier molecular flexibility index (Phi) is 4.01. The number of unbranched alkanes of at least 4 members (excludes halogenated alkanes) is 1. The predicted molar refractivity (Wildman–Crippen MR) is 61.6 cm³/mol. The number of morpholine rings is 1. The molecule has 2 unspecified atom stereocenters. The Morgan fingerprint density at radius 3 is 2.62 bits per heavy atom. The number of oxime groups is 1. The van der Waals surface area contributed by atoms with E-state index in [0.29, 0.717) is 24.5 Å². The second kappa shape index (κ2) is 5.50. The van der Waals surface area contributed by atoms with Crippen LogP contribution >= 0.6 is 0 Å². The van der Waals surface area contributed by atoms with E-state index >= 15 is 0 Å². The molecule has 2 aliphatic heterocycles. The molecule has 2 bridgehead atoms. The fourth-order valence-corrected chi connectivity index (χ4v) is 2.57. The molecule has 0 spiro atoms. The normalized spacial score (nSPS) is 30.9. The molecule has 2 rings (SSSR count). The van der Waals surface area contributed by atoms with Gasteiger partial charge >= 0.3 is 0 Å². The van der Waals surface area contributed by atoms with Gasteiger partial charge in [-0.1, -0.05) is 5.16 Å². The number of nitrogens with two attached hydrogens (primary N) is 1. The van der Waals surface area contributed by atoms with E-state index in [4.69, 9.17) is 15.7 Å². The van der Waals surface area contributed by atoms with E-state index in [1.807, 2.05) is 0 Å². The molecular weight excluding hydrogens is 206 g/mol. The molecule has 0 saturated carbocycles. The maximum Gasteiger partial charge on any atom is 0.139 e. The van der Waals surface area contributed by atoms with Gasteiger partial charge in [0.05, 0.1) is 12.2 Å². The highest BCUT2D eigenvalue weighted by Crippen LogP contribution is 2.26. The van der Waals surface area contributed by atoms with Gasteiger partial charge in [0.15, 0.2) is 0 Å². The molecule has 0 amide bonds.